The average molecular weight is 352 g/mol. The molecule has 2 N–H and O–H groups in total. The van der Waals surface area contributed by atoms with Crippen LogP contribution in [0, 0.1) is 5.82 Å². The number of hydrogen-bond acceptors (Lipinski definition) is 6. The van der Waals surface area contributed by atoms with Gasteiger partial charge < -0.3 is 10.2 Å². The van der Waals surface area contributed by atoms with Gasteiger partial charge in [-0.1, -0.05) is 24.3 Å². The van der Waals surface area contributed by atoms with Gasteiger partial charge in [0.1, 0.15) is 11.6 Å². The molecule has 0 saturated carbocycles. The zero-order chi connectivity index (χ0) is 18.4. The summed E-state index contributed by atoms with van der Waals surface area (Å²) in [7, 11) is 4.05. The van der Waals surface area contributed by atoms with E-state index in [1.807, 2.05) is 38.4 Å². The fourth-order valence-corrected chi connectivity index (χ4v) is 2.37. The first-order chi connectivity index (χ1) is 12.6. The molecule has 0 amide bonds. The van der Waals surface area contributed by atoms with Gasteiger partial charge in [0.25, 0.3) is 0 Å². The fraction of sp³-hybridized carbons (Fsp3) is 0.211. The van der Waals surface area contributed by atoms with Crippen molar-refractivity contribution in [1.29, 1.82) is 0 Å². The topological polar surface area (TPSA) is 65.4 Å². The van der Waals surface area contributed by atoms with Crippen molar-refractivity contribution in [2.75, 3.05) is 37.9 Å². The number of likely N-dealkylation sites (N-methyl/N-ethyl adjacent to an activating group) is 1. The molecule has 0 aliphatic carbocycles. The first kappa shape index (κ1) is 17.8. The Bertz CT molecular complexity index is 892. The van der Waals surface area contributed by atoms with Crippen molar-refractivity contribution in [3.63, 3.8) is 0 Å². The number of nitrogens with zero attached hydrogens (tertiary/aromatic N) is 4. The second-order valence-corrected chi connectivity index (χ2v) is 6.06. The molecule has 134 valence electrons. The van der Waals surface area contributed by atoms with Gasteiger partial charge in [0.05, 0.1) is 11.7 Å². The third-order valence-electron chi connectivity index (χ3n) is 3.70. The monoisotopic (exact) mass is 352 g/mol. The van der Waals surface area contributed by atoms with E-state index < -0.39 is 0 Å². The van der Waals surface area contributed by atoms with Crippen LogP contribution in [0.1, 0.15) is 5.56 Å². The number of anilines is 2. The number of benzene rings is 2. The van der Waals surface area contributed by atoms with E-state index in [1.165, 1.54) is 12.1 Å². The zero-order valence-electron chi connectivity index (χ0n) is 14.8. The highest BCUT2D eigenvalue weighted by atomic mass is 19.1. The summed E-state index contributed by atoms with van der Waals surface area (Å²) in [6.07, 6.45) is 1.59. The van der Waals surface area contributed by atoms with Gasteiger partial charge in [-0.05, 0) is 43.9 Å². The van der Waals surface area contributed by atoms with Crippen molar-refractivity contribution >= 4 is 28.9 Å². The van der Waals surface area contributed by atoms with E-state index in [4.69, 9.17) is 0 Å². The molecule has 0 aliphatic rings. The van der Waals surface area contributed by atoms with Crippen LogP contribution >= 0.6 is 0 Å². The summed E-state index contributed by atoms with van der Waals surface area (Å²) in [4.78, 5) is 11.1. The van der Waals surface area contributed by atoms with Gasteiger partial charge >= 0.3 is 0 Å². The maximum absolute atomic E-state index is 12.9. The summed E-state index contributed by atoms with van der Waals surface area (Å²) in [6, 6.07) is 13.9. The molecule has 0 spiro atoms. The summed E-state index contributed by atoms with van der Waals surface area (Å²) in [5, 5.41) is 8.44. The molecule has 6 nitrogen and oxygen atoms in total. The third-order valence-corrected chi connectivity index (χ3v) is 3.70. The van der Waals surface area contributed by atoms with Crippen LogP contribution in [0.15, 0.2) is 53.6 Å². The van der Waals surface area contributed by atoms with Crippen LogP contribution in [0.25, 0.3) is 10.9 Å². The second kappa shape index (κ2) is 8.35. The minimum Gasteiger partial charge on any atom is -0.368 e. The van der Waals surface area contributed by atoms with Gasteiger partial charge in [0.15, 0.2) is 0 Å². The molecule has 1 aromatic heterocycles. The van der Waals surface area contributed by atoms with Crippen molar-refractivity contribution in [1.82, 2.24) is 14.9 Å². The molecule has 0 saturated heterocycles. The predicted octanol–water partition coefficient (Wildman–Crippen LogP) is 3.19. The summed E-state index contributed by atoms with van der Waals surface area (Å²) in [6.45, 7) is 1.66. The molecule has 0 radical (unpaired) electrons. The second-order valence-electron chi connectivity index (χ2n) is 6.06. The lowest BCUT2D eigenvalue weighted by atomic mass is 10.2. The largest absolute Gasteiger partial charge is 0.368 e. The minimum atomic E-state index is -0.276. The van der Waals surface area contributed by atoms with Crippen LogP contribution in [-0.4, -0.2) is 48.3 Å². The van der Waals surface area contributed by atoms with E-state index in [2.05, 4.69) is 30.7 Å². The molecule has 3 aromatic rings. The number of fused-ring (bicyclic) bond motifs is 1. The SMILES string of the molecule is CN(C)CCNc1nc(N/N=C/c2ccc(F)cc2)nc2ccccc12. The highest BCUT2D eigenvalue weighted by molar-refractivity contribution is 5.90. The quantitative estimate of drug-likeness (QED) is 0.505. The molecule has 0 atom stereocenters. The first-order valence-corrected chi connectivity index (χ1v) is 8.32. The van der Waals surface area contributed by atoms with Gasteiger partial charge in [0, 0.05) is 18.5 Å². The lowest BCUT2D eigenvalue weighted by molar-refractivity contribution is 0.425. The Balaban J connectivity index is 1.78. The Morgan fingerprint density at radius 1 is 1.08 bits per heavy atom. The van der Waals surface area contributed by atoms with Gasteiger partial charge in [-0.25, -0.2) is 14.8 Å². The Kier molecular flexibility index (Phi) is 5.70. The van der Waals surface area contributed by atoms with Crippen molar-refractivity contribution < 1.29 is 4.39 Å². The molecule has 0 aliphatic heterocycles. The highest BCUT2D eigenvalue weighted by Crippen LogP contribution is 2.21. The van der Waals surface area contributed by atoms with E-state index in [-0.39, 0.29) is 5.82 Å². The minimum absolute atomic E-state index is 0.276. The smallest absolute Gasteiger partial charge is 0.246 e. The molecule has 2 aromatic carbocycles. The third kappa shape index (κ3) is 4.73. The Morgan fingerprint density at radius 2 is 1.85 bits per heavy atom. The lowest BCUT2D eigenvalue weighted by Crippen LogP contribution is -2.21. The molecule has 26 heavy (non-hydrogen) atoms. The van der Waals surface area contributed by atoms with Crippen molar-refractivity contribution in [2.24, 2.45) is 5.10 Å². The summed E-state index contributed by atoms with van der Waals surface area (Å²) in [5.41, 5.74) is 4.45. The molecule has 0 unspecified atom stereocenters. The van der Waals surface area contributed by atoms with E-state index in [1.54, 1.807) is 18.3 Å². The summed E-state index contributed by atoms with van der Waals surface area (Å²) < 4.78 is 12.9. The fourth-order valence-electron chi connectivity index (χ4n) is 2.37. The van der Waals surface area contributed by atoms with E-state index in [0.29, 0.717) is 5.95 Å². The first-order valence-electron chi connectivity index (χ1n) is 8.32. The van der Waals surface area contributed by atoms with Crippen LogP contribution in [0.5, 0.6) is 0 Å². The standard InChI is InChI=1S/C19H21FN6/c1-26(2)12-11-21-18-16-5-3-4-6-17(16)23-19(24-18)25-22-13-14-7-9-15(20)10-8-14/h3-10,13H,11-12H2,1-2H3,(H2,21,23,24,25)/b22-13+. The number of nitrogens with one attached hydrogen (secondary N) is 2. The Labute approximate surface area is 151 Å². The molecule has 0 fully saturated rings. The number of hydrazone groups is 1. The molecular formula is C19H21FN6. The van der Waals surface area contributed by atoms with E-state index in [9.17, 15) is 4.39 Å². The van der Waals surface area contributed by atoms with Gasteiger partial charge in [-0.15, -0.1) is 0 Å². The van der Waals surface area contributed by atoms with Crippen LogP contribution in [0.3, 0.4) is 0 Å². The highest BCUT2D eigenvalue weighted by Gasteiger charge is 2.06. The maximum Gasteiger partial charge on any atom is 0.246 e. The normalized spacial score (nSPS) is 11.4. The van der Waals surface area contributed by atoms with E-state index >= 15 is 0 Å². The van der Waals surface area contributed by atoms with Gasteiger partial charge in [-0.2, -0.15) is 10.1 Å². The number of halogens is 1. The Hall–Kier alpha value is -3.06. The van der Waals surface area contributed by atoms with Crippen LogP contribution < -0.4 is 10.7 Å². The molecule has 3 rings (SSSR count). The average Bonchev–Trinajstić information content (AvgIpc) is 2.63. The molecule has 7 heteroatoms. The maximum atomic E-state index is 12.9. The summed E-state index contributed by atoms with van der Waals surface area (Å²) >= 11 is 0. The number of para-hydroxylation sites is 1. The van der Waals surface area contributed by atoms with Crippen molar-refractivity contribution in [3.8, 4) is 0 Å². The zero-order valence-corrected chi connectivity index (χ0v) is 14.8. The van der Waals surface area contributed by atoms with Crippen molar-refractivity contribution in [3.05, 3.63) is 59.9 Å². The van der Waals surface area contributed by atoms with Gasteiger partial charge in [-0.3, -0.25) is 0 Å². The summed E-state index contributed by atoms with van der Waals surface area (Å²) in [5.74, 6) is 0.882. The van der Waals surface area contributed by atoms with Crippen LogP contribution in [0.2, 0.25) is 0 Å². The lowest BCUT2D eigenvalue weighted by Gasteiger charge is -2.13. The molecule has 0 bridgehead atoms. The number of rotatable bonds is 7. The van der Waals surface area contributed by atoms with Crippen LogP contribution in [-0.2, 0) is 0 Å². The van der Waals surface area contributed by atoms with Crippen LogP contribution in [0.4, 0.5) is 16.2 Å². The van der Waals surface area contributed by atoms with E-state index in [0.717, 1.165) is 35.4 Å². The Morgan fingerprint density at radius 3 is 2.62 bits per heavy atom. The van der Waals surface area contributed by atoms with Crippen molar-refractivity contribution in [2.45, 2.75) is 0 Å². The number of hydrogen-bond donors (Lipinski definition) is 2. The molecule has 1 heterocycles. The van der Waals surface area contributed by atoms with Gasteiger partial charge in [0.2, 0.25) is 5.95 Å². The molecular weight excluding hydrogens is 331 g/mol. The predicted molar refractivity (Wildman–Crippen MR) is 104 cm³/mol. The number of aromatic nitrogens is 2.